The third-order valence-electron chi connectivity index (χ3n) is 5.69. The van der Waals surface area contributed by atoms with Crippen LogP contribution in [-0.2, 0) is 45.0 Å². The summed E-state index contributed by atoms with van der Waals surface area (Å²) in [5.41, 5.74) is 2.25. The van der Waals surface area contributed by atoms with E-state index >= 15 is 0 Å². The molecule has 6 nitrogen and oxygen atoms in total. The zero-order valence-corrected chi connectivity index (χ0v) is 21.9. The molecule has 4 bridgehead atoms. The third kappa shape index (κ3) is 6.82. The van der Waals surface area contributed by atoms with E-state index in [0.717, 1.165) is 67.8 Å². The van der Waals surface area contributed by atoms with Gasteiger partial charge in [-0.1, -0.05) is 0 Å². The molecule has 32 heavy (non-hydrogen) atoms. The van der Waals surface area contributed by atoms with Crippen molar-refractivity contribution in [3.05, 3.63) is 29.1 Å². The molecule has 0 atom stereocenters. The molecule has 10 heteroatoms. The Morgan fingerprint density at radius 1 is 0.688 bits per heavy atom. The highest BCUT2D eigenvalue weighted by Crippen LogP contribution is 2.22. The van der Waals surface area contributed by atoms with Gasteiger partial charge in [0.05, 0.1) is 13.2 Å². The lowest BCUT2D eigenvalue weighted by molar-refractivity contribution is -0.144. The van der Waals surface area contributed by atoms with Crippen LogP contribution in [-0.4, -0.2) is 34.3 Å². The summed E-state index contributed by atoms with van der Waals surface area (Å²) in [4.78, 5) is 26.6. The minimum atomic E-state index is -0.152. The molecular formula is C22H30N2O4S4. The lowest BCUT2D eigenvalue weighted by Gasteiger charge is -2.09. The van der Waals surface area contributed by atoms with Crippen LogP contribution in [0.5, 0.6) is 0 Å². The number of cyclic esters (lactones) is 2. The second-order valence-electron chi connectivity index (χ2n) is 7.91. The predicted octanol–water partition coefficient (Wildman–Crippen LogP) is 5.71. The van der Waals surface area contributed by atoms with Crippen LogP contribution < -0.4 is 0 Å². The van der Waals surface area contributed by atoms with Crippen LogP contribution in [0, 0.1) is 21.8 Å². The highest BCUT2D eigenvalue weighted by molar-refractivity contribution is 7.73. The zero-order valence-electron chi connectivity index (χ0n) is 18.6. The van der Waals surface area contributed by atoms with Gasteiger partial charge in [0.2, 0.25) is 0 Å². The van der Waals surface area contributed by atoms with Gasteiger partial charge in [-0.3, -0.25) is 9.59 Å². The van der Waals surface area contributed by atoms with E-state index < -0.39 is 0 Å². The highest BCUT2D eigenvalue weighted by atomic mass is 32.2. The molecule has 3 heterocycles. The molecule has 0 unspecified atom stereocenters. The summed E-state index contributed by atoms with van der Waals surface area (Å²) in [6, 6.07) is 0. The van der Waals surface area contributed by atoms with Crippen molar-refractivity contribution in [2.45, 2.75) is 78.3 Å². The van der Waals surface area contributed by atoms with Gasteiger partial charge in [0.1, 0.15) is 0 Å². The maximum atomic E-state index is 12.1. The summed E-state index contributed by atoms with van der Waals surface area (Å²) in [5, 5.41) is 0. The fraction of sp³-hybridized carbons (Fsp3) is 0.636. The second kappa shape index (κ2) is 12.2. The Balaban J connectivity index is 1.65. The predicted molar refractivity (Wildman–Crippen MR) is 133 cm³/mol. The Morgan fingerprint density at radius 2 is 1.09 bits per heavy atom. The van der Waals surface area contributed by atoms with Crippen LogP contribution >= 0.6 is 47.1 Å². The number of aromatic nitrogens is 2. The number of nitrogens with zero attached hydrogens (tertiary/aromatic N) is 2. The minimum absolute atomic E-state index is 0.152. The third-order valence-corrected chi connectivity index (χ3v) is 8.91. The van der Waals surface area contributed by atoms with Gasteiger partial charge in [0, 0.05) is 59.9 Å². The average Bonchev–Trinajstić information content (AvgIpc) is 3.17. The summed E-state index contributed by atoms with van der Waals surface area (Å²) in [6.45, 7) is 6.42. The van der Waals surface area contributed by atoms with Gasteiger partial charge in [0.25, 0.3) is 0 Å². The Kier molecular flexibility index (Phi) is 9.63. The summed E-state index contributed by atoms with van der Waals surface area (Å²) in [5.74, 6) is -0.304. The van der Waals surface area contributed by atoms with E-state index in [4.69, 9.17) is 33.9 Å². The normalized spacial score (nSPS) is 17.7. The lowest BCUT2D eigenvalue weighted by Crippen LogP contribution is -2.10. The molecule has 0 saturated carbocycles. The van der Waals surface area contributed by atoms with E-state index in [9.17, 15) is 9.59 Å². The Bertz CT molecular complexity index is 979. The van der Waals surface area contributed by atoms with Crippen LogP contribution in [0.15, 0.2) is 0 Å². The van der Waals surface area contributed by atoms with Crippen LogP contribution in [0.4, 0.5) is 0 Å². The molecule has 3 rings (SSSR count). The van der Waals surface area contributed by atoms with Crippen molar-refractivity contribution in [3.63, 3.8) is 0 Å². The maximum Gasteiger partial charge on any atom is 0.305 e. The van der Waals surface area contributed by atoms with Crippen LogP contribution in [0.1, 0.15) is 59.7 Å². The number of rotatable bonds is 0. The minimum Gasteiger partial charge on any atom is -0.465 e. The molecule has 0 saturated heterocycles. The zero-order chi connectivity index (χ0) is 23.1. The average molecular weight is 515 g/mol. The number of fused-ring (bicyclic) bond motifs is 4. The summed E-state index contributed by atoms with van der Waals surface area (Å²) >= 11 is 14.2. The molecule has 0 aliphatic carbocycles. The Labute approximate surface area is 207 Å². The van der Waals surface area contributed by atoms with Crippen molar-refractivity contribution in [2.75, 3.05) is 13.2 Å². The number of esters is 2. The van der Waals surface area contributed by atoms with Crippen molar-refractivity contribution < 1.29 is 19.1 Å². The standard InChI is InChI=1S/C22H30N2O4S4/c1-15-17-9-13-27-19(25)8-4-6-12-24-16(2)18(32-22(24)30)10-14-28-20(26)7-3-5-11-23(15)21(29)31-17/h3-14H2,1-2H3. The van der Waals surface area contributed by atoms with Gasteiger partial charge in [-0.15, -0.1) is 22.7 Å². The second-order valence-corrected chi connectivity index (χ2v) is 11.4. The number of ether oxygens (including phenoxy) is 2. The molecule has 0 radical (unpaired) electrons. The van der Waals surface area contributed by atoms with Gasteiger partial charge in [-0.2, -0.15) is 0 Å². The van der Waals surface area contributed by atoms with Gasteiger partial charge >= 0.3 is 11.9 Å². The van der Waals surface area contributed by atoms with E-state index in [0.29, 0.717) is 38.9 Å². The van der Waals surface area contributed by atoms with E-state index in [2.05, 4.69) is 23.0 Å². The van der Waals surface area contributed by atoms with E-state index in [-0.39, 0.29) is 11.9 Å². The number of carbonyl (C=O) groups is 2. The number of thiazole rings is 2. The van der Waals surface area contributed by atoms with Gasteiger partial charge in [-0.25, -0.2) is 0 Å². The molecule has 176 valence electrons. The maximum absolute atomic E-state index is 12.1. The first-order valence-electron chi connectivity index (χ1n) is 11.1. The van der Waals surface area contributed by atoms with Crippen LogP contribution in [0.3, 0.4) is 0 Å². The quantitative estimate of drug-likeness (QED) is 0.331. The van der Waals surface area contributed by atoms with Crippen LogP contribution in [0.2, 0.25) is 0 Å². The molecule has 2 aromatic heterocycles. The summed E-state index contributed by atoms with van der Waals surface area (Å²) < 4.78 is 16.8. The molecule has 0 N–H and O–H groups in total. The monoisotopic (exact) mass is 514 g/mol. The van der Waals surface area contributed by atoms with Gasteiger partial charge in [0.15, 0.2) is 7.91 Å². The van der Waals surface area contributed by atoms with E-state index in [1.54, 1.807) is 22.7 Å². The van der Waals surface area contributed by atoms with Crippen molar-refractivity contribution in [3.8, 4) is 0 Å². The molecule has 1 aliphatic rings. The van der Waals surface area contributed by atoms with Gasteiger partial charge < -0.3 is 18.6 Å². The summed E-state index contributed by atoms with van der Waals surface area (Å²) in [6.07, 6.45) is 5.42. The molecular weight excluding hydrogens is 485 g/mol. The molecule has 1 aliphatic heterocycles. The van der Waals surface area contributed by atoms with E-state index in [1.807, 2.05) is 0 Å². The van der Waals surface area contributed by atoms with Crippen molar-refractivity contribution in [2.24, 2.45) is 0 Å². The highest BCUT2D eigenvalue weighted by Gasteiger charge is 2.13. The number of carbonyl (C=O) groups excluding carboxylic acids is 2. The smallest absolute Gasteiger partial charge is 0.305 e. The molecule has 0 aromatic carbocycles. The molecule has 0 amide bonds. The lowest BCUT2D eigenvalue weighted by atomic mass is 10.2. The molecule has 0 fully saturated rings. The van der Waals surface area contributed by atoms with Gasteiger partial charge in [-0.05, 0) is 64.0 Å². The Hall–Kier alpha value is -1.36. The number of hydrogen-bond donors (Lipinski definition) is 0. The topological polar surface area (TPSA) is 62.5 Å². The SMILES string of the molecule is Cc1c2sc(=S)n1CCCCC(=O)OCCc1sc(=S)n(c1C)CCCCC(=O)OCC2. The van der Waals surface area contributed by atoms with Crippen molar-refractivity contribution >= 4 is 59.0 Å². The van der Waals surface area contributed by atoms with Crippen LogP contribution in [0.25, 0.3) is 0 Å². The summed E-state index contributed by atoms with van der Waals surface area (Å²) in [7, 11) is 0. The largest absolute Gasteiger partial charge is 0.465 e. The first-order valence-corrected chi connectivity index (χ1v) is 13.5. The van der Waals surface area contributed by atoms with Crippen molar-refractivity contribution in [1.29, 1.82) is 0 Å². The fourth-order valence-electron chi connectivity index (χ4n) is 3.76. The molecule has 2 aromatic rings. The fourth-order valence-corrected chi connectivity index (χ4v) is 6.81. The van der Waals surface area contributed by atoms with E-state index in [1.165, 1.54) is 0 Å². The first-order chi connectivity index (χ1) is 15.4. The molecule has 0 spiro atoms. The Morgan fingerprint density at radius 3 is 1.50 bits per heavy atom. The number of hydrogen-bond acceptors (Lipinski definition) is 8. The first kappa shape index (κ1) is 25.3. The van der Waals surface area contributed by atoms with Crippen molar-refractivity contribution in [1.82, 2.24) is 9.13 Å².